The van der Waals surface area contributed by atoms with E-state index in [-0.39, 0.29) is 23.7 Å². The molecule has 0 aliphatic carbocycles. The van der Waals surface area contributed by atoms with Gasteiger partial charge in [0.15, 0.2) is 11.6 Å². The van der Waals surface area contributed by atoms with Crippen molar-refractivity contribution in [3.05, 3.63) is 41.5 Å². The highest BCUT2D eigenvalue weighted by Crippen LogP contribution is 2.30. The largest absolute Gasteiger partial charge is 0.374 e. The number of anilines is 1. The Kier molecular flexibility index (Phi) is 5.20. The highest BCUT2D eigenvalue weighted by molar-refractivity contribution is 7.09. The van der Waals surface area contributed by atoms with Gasteiger partial charge in [0.1, 0.15) is 11.9 Å². The summed E-state index contributed by atoms with van der Waals surface area (Å²) in [5.41, 5.74) is 0.550. The molecule has 2 aromatic rings. The first-order valence-corrected chi connectivity index (χ1v) is 8.77. The van der Waals surface area contributed by atoms with Crippen molar-refractivity contribution in [3.8, 4) is 0 Å². The number of carbonyl (C=O) groups excluding carboxylic acids is 1. The summed E-state index contributed by atoms with van der Waals surface area (Å²) < 4.78 is 22.6. The summed E-state index contributed by atoms with van der Waals surface area (Å²) in [5, 5.41) is 0.836. The van der Waals surface area contributed by atoms with Crippen molar-refractivity contribution in [2.45, 2.75) is 38.3 Å². The second-order valence-electron chi connectivity index (χ2n) is 5.94. The molecular formula is C17H20FN3O2S. The smallest absolute Gasteiger partial charge is 0.205 e. The maximum Gasteiger partial charge on any atom is 0.205 e. The molecule has 0 radical (unpaired) electrons. The molecule has 1 aromatic carbocycles. The van der Waals surface area contributed by atoms with E-state index in [2.05, 4.69) is 14.3 Å². The molecule has 2 heterocycles. The van der Waals surface area contributed by atoms with Crippen LogP contribution in [-0.2, 0) is 4.74 Å². The Morgan fingerprint density at radius 2 is 2.21 bits per heavy atom. The molecule has 2 atom stereocenters. The molecule has 7 heteroatoms. The second kappa shape index (κ2) is 7.36. The van der Waals surface area contributed by atoms with Gasteiger partial charge in [-0.3, -0.25) is 4.79 Å². The van der Waals surface area contributed by atoms with Crippen molar-refractivity contribution < 1.29 is 13.9 Å². The summed E-state index contributed by atoms with van der Waals surface area (Å²) in [6.07, 6.45) is 2.23. The van der Waals surface area contributed by atoms with E-state index in [0.29, 0.717) is 17.8 Å². The van der Waals surface area contributed by atoms with Crippen molar-refractivity contribution in [1.29, 1.82) is 0 Å². The van der Waals surface area contributed by atoms with Crippen LogP contribution in [0.15, 0.2) is 24.3 Å². The first-order valence-electron chi connectivity index (χ1n) is 8.00. The number of hydrogen-bond acceptors (Lipinski definition) is 6. The lowest BCUT2D eigenvalue weighted by molar-refractivity contribution is 0.0974. The van der Waals surface area contributed by atoms with E-state index in [1.807, 2.05) is 6.92 Å². The van der Waals surface area contributed by atoms with Gasteiger partial charge in [-0.1, -0.05) is 0 Å². The van der Waals surface area contributed by atoms with Gasteiger partial charge in [-0.15, -0.1) is 0 Å². The molecule has 1 saturated heterocycles. The van der Waals surface area contributed by atoms with Crippen LogP contribution in [0.1, 0.15) is 48.5 Å². The van der Waals surface area contributed by atoms with Gasteiger partial charge < -0.3 is 9.64 Å². The van der Waals surface area contributed by atoms with Crippen molar-refractivity contribution in [3.63, 3.8) is 0 Å². The molecule has 3 rings (SSSR count). The average molecular weight is 349 g/mol. The molecule has 1 aliphatic rings. The van der Waals surface area contributed by atoms with E-state index in [0.717, 1.165) is 24.5 Å². The predicted molar refractivity (Wildman–Crippen MR) is 91.0 cm³/mol. The predicted octanol–water partition coefficient (Wildman–Crippen LogP) is 3.63. The molecule has 0 amide bonds. The Hall–Kier alpha value is -1.86. The number of methoxy groups -OCH3 is 1. The lowest BCUT2D eigenvalue weighted by Crippen LogP contribution is -2.31. The SMILES string of the molecule is CO[C@@H](C)c1nsc(N2CCC[C@@H]2CC(=O)c2ccc(F)cc2)n1. The maximum absolute atomic E-state index is 13.0. The molecule has 0 saturated carbocycles. The lowest BCUT2D eigenvalue weighted by Gasteiger charge is -2.23. The normalized spacial score (nSPS) is 18.8. The summed E-state index contributed by atoms with van der Waals surface area (Å²) in [6.45, 7) is 2.78. The van der Waals surface area contributed by atoms with Crippen LogP contribution in [0.3, 0.4) is 0 Å². The topological polar surface area (TPSA) is 55.3 Å². The van der Waals surface area contributed by atoms with E-state index in [1.165, 1.54) is 23.7 Å². The van der Waals surface area contributed by atoms with Crippen LogP contribution >= 0.6 is 11.5 Å². The molecule has 0 spiro atoms. The minimum absolute atomic E-state index is 0.0295. The highest BCUT2D eigenvalue weighted by atomic mass is 32.1. The van der Waals surface area contributed by atoms with E-state index in [1.54, 1.807) is 19.2 Å². The number of carbonyl (C=O) groups is 1. The van der Waals surface area contributed by atoms with Crippen LogP contribution in [-0.4, -0.2) is 34.8 Å². The first kappa shape index (κ1) is 17.0. The molecule has 0 unspecified atom stereocenters. The quantitative estimate of drug-likeness (QED) is 0.746. The molecule has 0 bridgehead atoms. The highest BCUT2D eigenvalue weighted by Gasteiger charge is 2.30. The third-order valence-corrected chi connectivity index (χ3v) is 5.13. The van der Waals surface area contributed by atoms with Gasteiger partial charge in [-0.25, -0.2) is 9.37 Å². The van der Waals surface area contributed by atoms with Crippen LogP contribution in [0.25, 0.3) is 0 Å². The summed E-state index contributed by atoms with van der Waals surface area (Å²) in [4.78, 5) is 19.2. The lowest BCUT2D eigenvalue weighted by atomic mass is 10.0. The zero-order valence-electron chi connectivity index (χ0n) is 13.7. The molecule has 1 aliphatic heterocycles. The third kappa shape index (κ3) is 3.62. The van der Waals surface area contributed by atoms with Crippen LogP contribution in [0.2, 0.25) is 0 Å². The van der Waals surface area contributed by atoms with Crippen molar-refractivity contribution in [2.24, 2.45) is 0 Å². The number of aromatic nitrogens is 2. The standard InChI is InChI=1S/C17H20FN3O2S/c1-11(23-2)16-19-17(24-20-16)21-9-3-4-14(21)10-15(22)12-5-7-13(18)8-6-12/h5-8,11,14H,3-4,9-10H2,1-2H3/t11-,14+/m0/s1. The van der Waals surface area contributed by atoms with Crippen LogP contribution in [0, 0.1) is 5.82 Å². The zero-order valence-corrected chi connectivity index (χ0v) is 14.6. The number of nitrogens with zero attached hydrogens (tertiary/aromatic N) is 3. The summed E-state index contributed by atoms with van der Waals surface area (Å²) in [6, 6.07) is 5.84. The van der Waals surface area contributed by atoms with E-state index >= 15 is 0 Å². The third-order valence-electron chi connectivity index (χ3n) is 4.36. The van der Waals surface area contributed by atoms with E-state index in [9.17, 15) is 9.18 Å². The van der Waals surface area contributed by atoms with Gasteiger partial charge >= 0.3 is 0 Å². The average Bonchev–Trinajstić information content (AvgIpc) is 3.23. The molecule has 24 heavy (non-hydrogen) atoms. The zero-order chi connectivity index (χ0) is 17.1. The number of benzene rings is 1. The monoisotopic (exact) mass is 349 g/mol. The Labute approximate surface area is 144 Å². The number of rotatable bonds is 6. The number of ether oxygens (including phenoxy) is 1. The maximum atomic E-state index is 13.0. The van der Waals surface area contributed by atoms with Gasteiger partial charge in [0.2, 0.25) is 5.13 Å². The summed E-state index contributed by atoms with van der Waals surface area (Å²) in [7, 11) is 1.63. The Bertz CT molecular complexity index is 704. The van der Waals surface area contributed by atoms with Gasteiger partial charge in [-0.2, -0.15) is 4.37 Å². The molecule has 1 fully saturated rings. The van der Waals surface area contributed by atoms with Gasteiger partial charge in [0.25, 0.3) is 0 Å². The molecule has 0 N–H and O–H groups in total. The van der Waals surface area contributed by atoms with Crippen LogP contribution in [0.4, 0.5) is 9.52 Å². The van der Waals surface area contributed by atoms with Crippen molar-refractivity contribution in [2.75, 3.05) is 18.6 Å². The van der Waals surface area contributed by atoms with Crippen LogP contribution < -0.4 is 4.90 Å². The van der Waals surface area contributed by atoms with Gasteiger partial charge in [0, 0.05) is 43.2 Å². The Balaban J connectivity index is 1.70. The number of hydrogen-bond donors (Lipinski definition) is 0. The van der Waals surface area contributed by atoms with E-state index in [4.69, 9.17) is 4.74 Å². The molecule has 1 aromatic heterocycles. The first-order chi connectivity index (χ1) is 11.6. The second-order valence-corrected chi connectivity index (χ2v) is 6.67. The fourth-order valence-electron chi connectivity index (χ4n) is 2.88. The minimum Gasteiger partial charge on any atom is -0.374 e. The van der Waals surface area contributed by atoms with Crippen molar-refractivity contribution >= 4 is 22.4 Å². The van der Waals surface area contributed by atoms with Gasteiger partial charge in [0.05, 0.1) is 0 Å². The molecule has 5 nitrogen and oxygen atoms in total. The summed E-state index contributed by atoms with van der Waals surface area (Å²) in [5.74, 6) is 0.373. The number of halogens is 1. The molecular weight excluding hydrogens is 329 g/mol. The Morgan fingerprint density at radius 3 is 2.92 bits per heavy atom. The number of Topliss-reactive ketones (excluding diaryl/α,β-unsaturated/α-hetero) is 1. The van der Waals surface area contributed by atoms with Crippen LogP contribution in [0.5, 0.6) is 0 Å². The fourth-order valence-corrected chi connectivity index (χ4v) is 3.73. The Morgan fingerprint density at radius 1 is 1.46 bits per heavy atom. The fraction of sp³-hybridized carbons (Fsp3) is 0.471. The summed E-state index contributed by atoms with van der Waals surface area (Å²) >= 11 is 1.34. The molecule has 128 valence electrons. The van der Waals surface area contributed by atoms with Gasteiger partial charge in [-0.05, 0) is 44.0 Å². The number of ketones is 1. The van der Waals surface area contributed by atoms with E-state index < -0.39 is 0 Å². The van der Waals surface area contributed by atoms with Crippen molar-refractivity contribution in [1.82, 2.24) is 9.36 Å². The minimum atomic E-state index is -0.331.